The maximum atomic E-state index is 9.80. The van der Waals surface area contributed by atoms with E-state index in [1.165, 1.54) is 31.2 Å². The van der Waals surface area contributed by atoms with Gasteiger partial charge in [0.05, 0.1) is 6.10 Å². The van der Waals surface area contributed by atoms with Crippen LogP contribution < -0.4 is 5.32 Å². The molecule has 2 aliphatic rings. The fraction of sp³-hybridized carbons (Fsp3) is 0.625. The Kier molecular flexibility index (Phi) is 4.11. The summed E-state index contributed by atoms with van der Waals surface area (Å²) in [5.74, 6) is 1.16. The number of benzene rings is 1. The van der Waals surface area contributed by atoms with Crippen molar-refractivity contribution in [2.75, 3.05) is 6.54 Å². The Bertz CT molecular complexity index is 413. The summed E-state index contributed by atoms with van der Waals surface area (Å²) in [5.41, 5.74) is 1.41. The number of halogens is 1. The van der Waals surface area contributed by atoms with Crippen molar-refractivity contribution in [1.29, 1.82) is 0 Å². The smallest absolute Gasteiger partial charge is 0.0580 e. The van der Waals surface area contributed by atoms with Gasteiger partial charge in [0, 0.05) is 17.6 Å². The molecule has 2 aliphatic carbocycles. The van der Waals surface area contributed by atoms with E-state index >= 15 is 0 Å². The van der Waals surface area contributed by atoms with Crippen LogP contribution in [0, 0.1) is 5.92 Å². The first-order valence-corrected chi connectivity index (χ1v) is 7.77. The molecule has 0 saturated heterocycles. The number of nitrogens with one attached hydrogen (secondary N) is 1. The molecular weight excluding hydrogens is 258 g/mol. The zero-order chi connectivity index (χ0) is 13.2. The summed E-state index contributed by atoms with van der Waals surface area (Å²) < 4.78 is 0. The van der Waals surface area contributed by atoms with Crippen LogP contribution in [0.5, 0.6) is 0 Å². The van der Waals surface area contributed by atoms with Crippen molar-refractivity contribution in [1.82, 2.24) is 5.32 Å². The molecule has 3 rings (SSSR count). The second-order valence-electron chi connectivity index (χ2n) is 6.08. The molecule has 0 heterocycles. The van der Waals surface area contributed by atoms with E-state index in [-0.39, 0.29) is 6.10 Å². The molecule has 2 N–H and O–H groups in total. The normalized spacial score (nSPS) is 34.2. The lowest BCUT2D eigenvalue weighted by molar-refractivity contribution is 0.125. The Morgan fingerprint density at radius 2 is 1.89 bits per heavy atom. The standard InChI is InChI=1S/C16H22ClNO/c17-14-6-4-11(5-7-14)13-8-15(9-13)18-10-12-2-1-3-16(12)19/h4-7,12-13,15-16,18-19H,1-3,8-10H2. The van der Waals surface area contributed by atoms with Crippen LogP contribution in [-0.4, -0.2) is 23.8 Å². The minimum atomic E-state index is -0.0698. The molecule has 0 aliphatic heterocycles. The Balaban J connectivity index is 1.41. The fourth-order valence-electron chi connectivity index (χ4n) is 3.37. The van der Waals surface area contributed by atoms with Crippen LogP contribution in [0.25, 0.3) is 0 Å². The molecule has 0 amide bonds. The highest BCUT2D eigenvalue weighted by Crippen LogP contribution is 2.37. The summed E-state index contributed by atoms with van der Waals surface area (Å²) >= 11 is 5.91. The van der Waals surface area contributed by atoms with E-state index in [1.54, 1.807) is 0 Å². The van der Waals surface area contributed by atoms with E-state index < -0.39 is 0 Å². The van der Waals surface area contributed by atoms with Crippen molar-refractivity contribution in [3.63, 3.8) is 0 Å². The van der Waals surface area contributed by atoms with Gasteiger partial charge in [-0.05, 0) is 55.2 Å². The lowest BCUT2D eigenvalue weighted by atomic mass is 9.76. The third-order valence-corrected chi connectivity index (χ3v) is 5.02. The minimum absolute atomic E-state index is 0.0698. The summed E-state index contributed by atoms with van der Waals surface area (Å²) in [6, 6.07) is 8.88. The maximum absolute atomic E-state index is 9.80. The van der Waals surface area contributed by atoms with Gasteiger partial charge in [0.2, 0.25) is 0 Å². The zero-order valence-corrected chi connectivity index (χ0v) is 11.9. The summed E-state index contributed by atoms with van der Waals surface area (Å²) in [6.45, 7) is 0.985. The topological polar surface area (TPSA) is 32.3 Å². The van der Waals surface area contributed by atoms with Crippen LogP contribution in [0.4, 0.5) is 0 Å². The first kappa shape index (κ1) is 13.4. The molecule has 1 aromatic rings. The second kappa shape index (κ2) is 5.82. The van der Waals surface area contributed by atoms with Gasteiger partial charge in [-0.3, -0.25) is 0 Å². The molecule has 19 heavy (non-hydrogen) atoms. The average Bonchev–Trinajstić information content (AvgIpc) is 2.75. The maximum Gasteiger partial charge on any atom is 0.0580 e. The molecule has 0 aromatic heterocycles. The molecule has 2 nitrogen and oxygen atoms in total. The Morgan fingerprint density at radius 1 is 1.16 bits per heavy atom. The van der Waals surface area contributed by atoms with Gasteiger partial charge in [0.25, 0.3) is 0 Å². The SMILES string of the molecule is OC1CCCC1CNC1CC(c2ccc(Cl)cc2)C1. The number of hydrogen-bond donors (Lipinski definition) is 2. The van der Waals surface area contributed by atoms with E-state index in [0.29, 0.717) is 17.9 Å². The molecular formula is C16H22ClNO. The van der Waals surface area contributed by atoms with Gasteiger partial charge in [0.1, 0.15) is 0 Å². The highest BCUT2D eigenvalue weighted by molar-refractivity contribution is 6.30. The molecule has 2 saturated carbocycles. The molecule has 2 atom stereocenters. The number of hydrogen-bond acceptors (Lipinski definition) is 2. The quantitative estimate of drug-likeness (QED) is 0.886. The molecule has 0 bridgehead atoms. The Labute approximate surface area is 120 Å². The van der Waals surface area contributed by atoms with Gasteiger partial charge in [-0.2, -0.15) is 0 Å². The van der Waals surface area contributed by atoms with Crippen LogP contribution in [0.15, 0.2) is 24.3 Å². The van der Waals surface area contributed by atoms with Crippen molar-refractivity contribution in [2.24, 2.45) is 5.92 Å². The largest absolute Gasteiger partial charge is 0.393 e. The molecule has 3 heteroatoms. The van der Waals surface area contributed by atoms with Crippen molar-refractivity contribution >= 4 is 11.6 Å². The van der Waals surface area contributed by atoms with Crippen LogP contribution in [0.3, 0.4) is 0 Å². The summed E-state index contributed by atoms with van der Waals surface area (Å²) in [7, 11) is 0. The number of rotatable bonds is 4. The van der Waals surface area contributed by atoms with Gasteiger partial charge in [-0.15, -0.1) is 0 Å². The highest BCUT2D eigenvalue weighted by atomic mass is 35.5. The molecule has 104 valence electrons. The van der Waals surface area contributed by atoms with E-state index in [2.05, 4.69) is 17.4 Å². The van der Waals surface area contributed by atoms with Crippen LogP contribution >= 0.6 is 11.6 Å². The summed E-state index contributed by atoms with van der Waals surface area (Å²) in [5, 5.41) is 14.2. The first-order chi connectivity index (χ1) is 9.22. The minimum Gasteiger partial charge on any atom is -0.393 e. The second-order valence-corrected chi connectivity index (χ2v) is 6.52. The molecule has 2 fully saturated rings. The molecule has 0 spiro atoms. The number of aliphatic hydroxyl groups is 1. The van der Waals surface area contributed by atoms with Gasteiger partial charge in [-0.25, -0.2) is 0 Å². The summed E-state index contributed by atoms with van der Waals surface area (Å²) in [4.78, 5) is 0. The average molecular weight is 280 g/mol. The monoisotopic (exact) mass is 279 g/mol. The lowest BCUT2D eigenvalue weighted by Gasteiger charge is -2.37. The Hall–Kier alpha value is -0.570. The highest BCUT2D eigenvalue weighted by Gasteiger charge is 2.32. The van der Waals surface area contributed by atoms with Crippen LogP contribution in [0.1, 0.15) is 43.6 Å². The van der Waals surface area contributed by atoms with E-state index in [1.807, 2.05) is 12.1 Å². The van der Waals surface area contributed by atoms with Crippen LogP contribution in [0.2, 0.25) is 5.02 Å². The predicted molar refractivity (Wildman–Crippen MR) is 78.6 cm³/mol. The van der Waals surface area contributed by atoms with Crippen molar-refractivity contribution < 1.29 is 5.11 Å². The summed E-state index contributed by atoms with van der Waals surface area (Å²) in [6.07, 6.45) is 5.71. The van der Waals surface area contributed by atoms with Gasteiger partial charge >= 0.3 is 0 Å². The molecule has 0 radical (unpaired) electrons. The number of aliphatic hydroxyl groups excluding tert-OH is 1. The molecule has 1 aromatic carbocycles. The van der Waals surface area contributed by atoms with Gasteiger partial charge in [-0.1, -0.05) is 30.2 Å². The first-order valence-electron chi connectivity index (χ1n) is 7.39. The zero-order valence-electron chi connectivity index (χ0n) is 11.2. The predicted octanol–water partition coefficient (Wildman–Crippen LogP) is 3.34. The van der Waals surface area contributed by atoms with Gasteiger partial charge < -0.3 is 10.4 Å². The third-order valence-electron chi connectivity index (χ3n) is 4.77. The molecule has 2 unspecified atom stereocenters. The van der Waals surface area contributed by atoms with Crippen molar-refractivity contribution in [2.45, 2.75) is 50.2 Å². The lowest BCUT2D eigenvalue weighted by Crippen LogP contribution is -2.43. The van der Waals surface area contributed by atoms with E-state index in [9.17, 15) is 5.11 Å². The van der Waals surface area contributed by atoms with Crippen molar-refractivity contribution in [3.8, 4) is 0 Å². The van der Waals surface area contributed by atoms with E-state index in [4.69, 9.17) is 11.6 Å². The van der Waals surface area contributed by atoms with Crippen LogP contribution in [-0.2, 0) is 0 Å². The van der Waals surface area contributed by atoms with Crippen molar-refractivity contribution in [3.05, 3.63) is 34.9 Å². The Morgan fingerprint density at radius 3 is 2.53 bits per heavy atom. The van der Waals surface area contributed by atoms with E-state index in [0.717, 1.165) is 18.0 Å². The third kappa shape index (κ3) is 3.13. The fourth-order valence-corrected chi connectivity index (χ4v) is 3.49. The van der Waals surface area contributed by atoms with Gasteiger partial charge in [0.15, 0.2) is 0 Å².